The van der Waals surface area contributed by atoms with E-state index in [4.69, 9.17) is 4.74 Å². The van der Waals surface area contributed by atoms with Crippen molar-refractivity contribution in [2.75, 3.05) is 34.4 Å². The van der Waals surface area contributed by atoms with E-state index in [9.17, 15) is 0 Å². The molecule has 0 spiro atoms. The molecular formula is C15H25N3O. The molecule has 0 aliphatic rings. The van der Waals surface area contributed by atoms with Gasteiger partial charge in [0.05, 0.1) is 0 Å². The average molecular weight is 263 g/mol. The molecule has 4 heteroatoms. The van der Waals surface area contributed by atoms with E-state index >= 15 is 0 Å². The first-order valence-corrected chi connectivity index (χ1v) is 6.63. The Kier molecular flexibility index (Phi) is 6.97. The van der Waals surface area contributed by atoms with Crippen LogP contribution in [-0.2, 0) is 11.3 Å². The number of nitrogens with one attached hydrogen (secondary N) is 1. The van der Waals surface area contributed by atoms with Crippen LogP contribution in [0.25, 0.3) is 0 Å². The zero-order valence-electron chi connectivity index (χ0n) is 12.4. The predicted octanol–water partition coefficient (Wildman–Crippen LogP) is 2.04. The molecule has 1 N–H and O–H groups in total. The topological polar surface area (TPSA) is 36.9 Å². The van der Waals surface area contributed by atoms with Crippen LogP contribution in [0.1, 0.15) is 17.5 Å². The van der Waals surface area contributed by atoms with E-state index in [1.807, 2.05) is 14.1 Å². The standard InChI is InChI=1S/C15H25N3O/c1-13-6-8-14(9-7-13)12-18(3)15(16-2)17-10-5-11-19-4/h6-9H,5,10-12H2,1-4H3,(H,16,17). The molecule has 19 heavy (non-hydrogen) atoms. The molecule has 0 atom stereocenters. The fourth-order valence-corrected chi connectivity index (χ4v) is 1.84. The van der Waals surface area contributed by atoms with Gasteiger partial charge in [-0.25, -0.2) is 0 Å². The van der Waals surface area contributed by atoms with Gasteiger partial charge in [0.1, 0.15) is 0 Å². The van der Waals surface area contributed by atoms with E-state index in [1.54, 1.807) is 7.11 Å². The average Bonchev–Trinajstić information content (AvgIpc) is 2.41. The number of aliphatic imine (C=N–C) groups is 1. The Balaban J connectivity index is 2.45. The second-order valence-corrected chi connectivity index (χ2v) is 4.66. The van der Waals surface area contributed by atoms with Gasteiger partial charge in [-0.05, 0) is 18.9 Å². The Morgan fingerprint density at radius 2 is 2.00 bits per heavy atom. The van der Waals surface area contributed by atoms with Crippen molar-refractivity contribution in [1.29, 1.82) is 0 Å². The Bertz CT molecular complexity index is 387. The minimum Gasteiger partial charge on any atom is -0.385 e. The monoisotopic (exact) mass is 263 g/mol. The molecule has 0 saturated heterocycles. The van der Waals surface area contributed by atoms with Crippen LogP contribution >= 0.6 is 0 Å². The van der Waals surface area contributed by atoms with Crippen LogP contribution in [0.2, 0.25) is 0 Å². The van der Waals surface area contributed by atoms with Gasteiger partial charge in [-0.15, -0.1) is 0 Å². The summed E-state index contributed by atoms with van der Waals surface area (Å²) in [6.07, 6.45) is 0.980. The van der Waals surface area contributed by atoms with E-state index < -0.39 is 0 Å². The molecule has 4 nitrogen and oxygen atoms in total. The van der Waals surface area contributed by atoms with Crippen LogP contribution < -0.4 is 5.32 Å². The van der Waals surface area contributed by atoms with Crippen molar-refractivity contribution in [1.82, 2.24) is 10.2 Å². The molecule has 0 radical (unpaired) electrons. The van der Waals surface area contributed by atoms with E-state index in [0.717, 1.165) is 32.1 Å². The lowest BCUT2D eigenvalue weighted by atomic mass is 10.1. The lowest BCUT2D eigenvalue weighted by Gasteiger charge is -2.22. The molecule has 0 aliphatic carbocycles. The Morgan fingerprint density at radius 3 is 2.58 bits per heavy atom. The third-order valence-electron chi connectivity index (χ3n) is 2.92. The lowest BCUT2D eigenvalue weighted by Crippen LogP contribution is -2.39. The summed E-state index contributed by atoms with van der Waals surface area (Å²) in [5.41, 5.74) is 2.57. The number of aryl methyl sites for hydroxylation is 1. The number of methoxy groups -OCH3 is 1. The largest absolute Gasteiger partial charge is 0.385 e. The van der Waals surface area contributed by atoms with Gasteiger partial charge in [0, 0.05) is 40.9 Å². The fourth-order valence-electron chi connectivity index (χ4n) is 1.84. The summed E-state index contributed by atoms with van der Waals surface area (Å²) in [6, 6.07) is 8.59. The van der Waals surface area contributed by atoms with Crippen molar-refractivity contribution in [2.45, 2.75) is 19.9 Å². The Morgan fingerprint density at radius 1 is 1.32 bits per heavy atom. The molecule has 0 fully saturated rings. The van der Waals surface area contributed by atoms with E-state index in [0.29, 0.717) is 0 Å². The summed E-state index contributed by atoms with van der Waals surface area (Å²) in [4.78, 5) is 6.41. The molecule has 1 aromatic rings. The molecule has 0 heterocycles. The molecule has 1 rings (SSSR count). The van der Waals surface area contributed by atoms with Gasteiger partial charge in [-0.3, -0.25) is 4.99 Å². The van der Waals surface area contributed by atoms with Crippen molar-refractivity contribution in [3.05, 3.63) is 35.4 Å². The molecule has 0 amide bonds. The number of guanidine groups is 1. The van der Waals surface area contributed by atoms with Crippen molar-refractivity contribution in [3.8, 4) is 0 Å². The van der Waals surface area contributed by atoms with Crippen LogP contribution in [-0.4, -0.2) is 45.2 Å². The van der Waals surface area contributed by atoms with Gasteiger partial charge in [-0.2, -0.15) is 0 Å². The summed E-state index contributed by atoms with van der Waals surface area (Å²) in [7, 11) is 5.58. The van der Waals surface area contributed by atoms with Crippen LogP contribution in [0, 0.1) is 6.92 Å². The number of hydrogen-bond acceptors (Lipinski definition) is 2. The number of hydrogen-bond donors (Lipinski definition) is 1. The maximum Gasteiger partial charge on any atom is 0.193 e. The molecule has 0 aromatic heterocycles. The first-order chi connectivity index (χ1) is 9.17. The minimum absolute atomic E-state index is 0.770. The van der Waals surface area contributed by atoms with Gasteiger partial charge in [0.25, 0.3) is 0 Å². The van der Waals surface area contributed by atoms with E-state index in [2.05, 4.69) is 46.4 Å². The first-order valence-electron chi connectivity index (χ1n) is 6.63. The predicted molar refractivity (Wildman–Crippen MR) is 80.5 cm³/mol. The smallest absolute Gasteiger partial charge is 0.193 e. The number of rotatable bonds is 6. The SMILES string of the molecule is CN=C(NCCCOC)N(C)Cc1ccc(C)cc1. The maximum absolute atomic E-state index is 5.03. The summed E-state index contributed by atoms with van der Waals surface area (Å²) in [6.45, 7) is 4.60. The highest BCUT2D eigenvalue weighted by atomic mass is 16.5. The van der Waals surface area contributed by atoms with E-state index in [1.165, 1.54) is 11.1 Å². The minimum atomic E-state index is 0.770. The highest BCUT2D eigenvalue weighted by Gasteiger charge is 2.05. The Labute approximate surface area is 116 Å². The zero-order chi connectivity index (χ0) is 14.1. The van der Waals surface area contributed by atoms with Gasteiger partial charge >= 0.3 is 0 Å². The molecule has 1 aromatic carbocycles. The number of nitrogens with zero attached hydrogens (tertiary/aromatic N) is 2. The zero-order valence-corrected chi connectivity index (χ0v) is 12.4. The second kappa shape index (κ2) is 8.53. The highest BCUT2D eigenvalue weighted by molar-refractivity contribution is 5.79. The highest BCUT2D eigenvalue weighted by Crippen LogP contribution is 2.05. The van der Waals surface area contributed by atoms with Crippen LogP contribution in [0.5, 0.6) is 0 Å². The molecule has 0 saturated carbocycles. The van der Waals surface area contributed by atoms with Gasteiger partial charge in [0.15, 0.2) is 5.96 Å². The van der Waals surface area contributed by atoms with Crippen molar-refractivity contribution >= 4 is 5.96 Å². The first kappa shape index (κ1) is 15.5. The van der Waals surface area contributed by atoms with Gasteiger partial charge < -0.3 is 15.0 Å². The fraction of sp³-hybridized carbons (Fsp3) is 0.533. The van der Waals surface area contributed by atoms with Crippen LogP contribution in [0.15, 0.2) is 29.3 Å². The van der Waals surface area contributed by atoms with Crippen molar-refractivity contribution < 1.29 is 4.74 Å². The quantitative estimate of drug-likeness (QED) is 0.485. The molecule has 0 bridgehead atoms. The van der Waals surface area contributed by atoms with Gasteiger partial charge in [0.2, 0.25) is 0 Å². The van der Waals surface area contributed by atoms with E-state index in [-0.39, 0.29) is 0 Å². The van der Waals surface area contributed by atoms with Gasteiger partial charge in [-0.1, -0.05) is 29.8 Å². The third-order valence-corrected chi connectivity index (χ3v) is 2.92. The lowest BCUT2D eigenvalue weighted by molar-refractivity contribution is 0.195. The second-order valence-electron chi connectivity index (χ2n) is 4.66. The third kappa shape index (κ3) is 5.75. The molecular weight excluding hydrogens is 238 g/mol. The summed E-state index contributed by atoms with van der Waals surface area (Å²) < 4.78 is 5.03. The normalized spacial score (nSPS) is 11.5. The summed E-state index contributed by atoms with van der Waals surface area (Å²) in [5.74, 6) is 0.914. The van der Waals surface area contributed by atoms with Crippen LogP contribution in [0.3, 0.4) is 0 Å². The maximum atomic E-state index is 5.03. The Hall–Kier alpha value is -1.55. The van der Waals surface area contributed by atoms with Crippen molar-refractivity contribution in [2.24, 2.45) is 4.99 Å². The molecule has 106 valence electrons. The number of benzene rings is 1. The molecule has 0 unspecified atom stereocenters. The molecule has 0 aliphatic heterocycles. The van der Waals surface area contributed by atoms with Crippen LogP contribution in [0.4, 0.5) is 0 Å². The number of ether oxygens (including phenoxy) is 1. The summed E-state index contributed by atoms with van der Waals surface area (Å²) >= 11 is 0. The summed E-state index contributed by atoms with van der Waals surface area (Å²) in [5, 5.41) is 3.33. The van der Waals surface area contributed by atoms with Crippen molar-refractivity contribution in [3.63, 3.8) is 0 Å².